The lowest BCUT2D eigenvalue weighted by Gasteiger charge is -2.27. The van der Waals surface area contributed by atoms with Gasteiger partial charge >= 0.3 is 0 Å². The van der Waals surface area contributed by atoms with E-state index in [1.165, 1.54) is 0 Å². The third-order valence-electron chi connectivity index (χ3n) is 6.23. The van der Waals surface area contributed by atoms with Crippen molar-refractivity contribution in [3.63, 3.8) is 0 Å². The van der Waals surface area contributed by atoms with Crippen LogP contribution in [0.2, 0.25) is 0 Å². The number of hydrazone groups is 1. The standard InChI is InChI=1S/C28H26N4O2S/c1-18-15-22(20(3)32(18)26-25(16-29)19(2)21(4)35-26)17-30-31-27(33)28(34,23-11-7-5-8-12-23)24-13-9-6-10-14-24/h5-15,17,34H,1-4H3,(H,31,33)/b30-17-. The summed E-state index contributed by atoms with van der Waals surface area (Å²) in [6.45, 7) is 7.89. The molecule has 4 rings (SSSR count). The minimum Gasteiger partial charge on any atom is -0.372 e. The van der Waals surface area contributed by atoms with Crippen molar-refractivity contribution in [1.82, 2.24) is 9.99 Å². The van der Waals surface area contributed by atoms with E-state index in [2.05, 4.69) is 16.6 Å². The number of hydrogen-bond acceptors (Lipinski definition) is 5. The van der Waals surface area contributed by atoms with Gasteiger partial charge in [0.25, 0.3) is 5.91 Å². The fraction of sp³-hybridized carbons (Fsp3) is 0.179. The van der Waals surface area contributed by atoms with Crippen LogP contribution in [0.25, 0.3) is 5.00 Å². The van der Waals surface area contributed by atoms with Gasteiger partial charge in [0.05, 0.1) is 11.8 Å². The lowest BCUT2D eigenvalue weighted by atomic mass is 9.85. The van der Waals surface area contributed by atoms with E-state index < -0.39 is 11.5 Å². The highest BCUT2D eigenvalue weighted by Crippen LogP contribution is 2.33. The number of nitrogens with one attached hydrogen (secondary N) is 1. The summed E-state index contributed by atoms with van der Waals surface area (Å²) < 4.78 is 2.04. The van der Waals surface area contributed by atoms with Crippen LogP contribution in [0.15, 0.2) is 71.8 Å². The summed E-state index contributed by atoms with van der Waals surface area (Å²) in [7, 11) is 0. The van der Waals surface area contributed by atoms with Crippen molar-refractivity contribution in [2.24, 2.45) is 5.10 Å². The third-order valence-corrected chi connectivity index (χ3v) is 7.43. The molecule has 0 aliphatic rings. The second kappa shape index (κ2) is 9.71. The quantitative estimate of drug-likeness (QED) is 0.298. The van der Waals surface area contributed by atoms with Crippen LogP contribution in [0.1, 0.15) is 44.1 Å². The van der Waals surface area contributed by atoms with Gasteiger partial charge in [-0.05, 0) is 50.5 Å². The molecule has 0 aliphatic heterocycles. The molecule has 0 aliphatic carbocycles. The first-order valence-corrected chi connectivity index (χ1v) is 12.0. The monoisotopic (exact) mass is 482 g/mol. The molecule has 2 N–H and O–H groups in total. The Labute approximate surface area is 208 Å². The van der Waals surface area contributed by atoms with E-state index in [1.807, 2.05) is 50.5 Å². The number of hydrogen-bond donors (Lipinski definition) is 2. The number of amides is 1. The first-order chi connectivity index (χ1) is 16.8. The Morgan fingerprint density at radius 3 is 2.17 bits per heavy atom. The summed E-state index contributed by atoms with van der Waals surface area (Å²) >= 11 is 1.58. The number of aromatic nitrogens is 1. The fourth-order valence-electron chi connectivity index (χ4n) is 4.16. The second-order valence-corrected chi connectivity index (χ2v) is 9.58. The molecule has 0 radical (unpaired) electrons. The molecule has 6 nitrogen and oxygen atoms in total. The number of rotatable bonds is 6. The van der Waals surface area contributed by atoms with Crippen molar-refractivity contribution < 1.29 is 9.90 Å². The topological polar surface area (TPSA) is 90.4 Å². The number of thiophene rings is 1. The van der Waals surface area contributed by atoms with Gasteiger partial charge in [0, 0.05) is 21.8 Å². The molecule has 2 heterocycles. The summed E-state index contributed by atoms with van der Waals surface area (Å²) in [5, 5.41) is 26.3. The molecule has 176 valence electrons. The van der Waals surface area contributed by atoms with E-state index in [4.69, 9.17) is 0 Å². The number of carbonyl (C=O) groups is 1. The zero-order chi connectivity index (χ0) is 25.2. The summed E-state index contributed by atoms with van der Waals surface area (Å²) in [4.78, 5) is 14.3. The molecule has 2 aromatic heterocycles. The highest BCUT2D eigenvalue weighted by Gasteiger charge is 2.39. The van der Waals surface area contributed by atoms with E-state index in [1.54, 1.807) is 66.1 Å². The molecule has 0 fully saturated rings. The Morgan fingerprint density at radius 2 is 1.63 bits per heavy atom. The molecular weight excluding hydrogens is 456 g/mol. The Kier molecular flexibility index (Phi) is 6.70. The molecule has 0 saturated carbocycles. The van der Waals surface area contributed by atoms with Gasteiger partial charge in [-0.1, -0.05) is 60.7 Å². The van der Waals surface area contributed by atoms with Crippen molar-refractivity contribution in [2.75, 3.05) is 0 Å². The minimum absolute atomic E-state index is 0.449. The first-order valence-electron chi connectivity index (χ1n) is 11.1. The number of benzene rings is 2. The molecule has 0 unspecified atom stereocenters. The molecule has 4 aromatic rings. The van der Waals surface area contributed by atoms with Gasteiger partial charge in [-0.3, -0.25) is 4.79 Å². The van der Waals surface area contributed by atoms with E-state index in [-0.39, 0.29) is 0 Å². The Balaban J connectivity index is 1.64. The number of aliphatic hydroxyl groups is 1. The van der Waals surface area contributed by atoms with Crippen LogP contribution in [0.5, 0.6) is 0 Å². The molecule has 0 saturated heterocycles. The van der Waals surface area contributed by atoms with Crippen LogP contribution in [-0.2, 0) is 10.4 Å². The van der Waals surface area contributed by atoms with Crippen LogP contribution < -0.4 is 5.43 Å². The molecule has 0 spiro atoms. The number of nitriles is 1. The summed E-state index contributed by atoms with van der Waals surface area (Å²) in [6, 6.07) is 21.9. The Hall–Kier alpha value is -3.99. The Morgan fingerprint density at radius 1 is 1.06 bits per heavy atom. The van der Waals surface area contributed by atoms with Gasteiger partial charge in [-0.25, -0.2) is 5.43 Å². The van der Waals surface area contributed by atoms with E-state index in [9.17, 15) is 15.2 Å². The minimum atomic E-state index is -1.90. The van der Waals surface area contributed by atoms with Crippen molar-refractivity contribution in [2.45, 2.75) is 33.3 Å². The highest BCUT2D eigenvalue weighted by atomic mass is 32.1. The van der Waals surface area contributed by atoms with Gasteiger partial charge < -0.3 is 9.67 Å². The number of carbonyl (C=O) groups excluding carboxylic acids is 1. The van der Waals surface area contributed by atoms with Gasteiger partial charge in [0.15, 0.2) is 5.60 Å². The van der Waals surface area contributed by atoms with Gasteiger partial charge in [-0.15, -0.1) is 11.3 Å². The second-order valence-electron chi connectivity index (χ2n) is 8.38. The molecule has 7 heteroatoms. The van der Waals surface area contributed by atoms with Crippen molar-refractivity contribution in [3.05, 3.63) is 111 Å². The highest BCUT2D eigenvalue weighted by molar-refractivity contribution is 7.14. The van der Waals surface area contributed by atoms with Crippen molar-refractivity contribution in [3.8, 4) is 11.1 Å². The molecule has 35 heavy (non-hydrogen) atoms. The molecular formula is C28H26N4O2S. The smallest absolute Gasteiger partial charge is 0.281 e. The summed E-state index contributed by atoms with van der Waals surface area (Å²) in [5.74, 6) is -0.656. The predicted octanol–water partition coefficient (Wildman–Crippen LogP) is 5.03. The normalized spacial score (nSPS) is 11.5. The van der Waals surface area contributed by atoms with Gasteiger partial charge in [0.1, 0.15) is 11.1 Å². The number of aryl methyl sites for hydroxylation is 2. The maximum absolute atomic E-state index is 13.2. The van der Waals surface area contributed by atoms with Crippen LogP contribution in [-0.4, -0.2) is 21.8 Å². The van der Waals surface area contributed by atoms with E-state index in [0.717, 1.165) is 32.4 Å². The van der Waals surface area contributed by atoms with Crippen LogP contribution >= 0.6 is 11.3 Å². The zero-order valence-electron chi connectivity index (χ0n) is 20.0. The predicted molar refractivity (Wildman–Crippen MR) is 139 cm³/mol. The molecule has 0 atom stereocenters. The average molecular weight is 483 g/mol. The van der Waals surface area contributed by atoms with Crippen LogP contribution in [0.4, 0.5) is 0 Å². The fourth-order valence-corrected chi connectivity index (χ4v) is 5.38. The van der Waals surface area contributed by atoms with Gasteiger partial charge in [-0.2, -0.15) is 10.4 Å². The maximum Gasteiger partial charge on any atom is 0.281 e. The maximum atomic E-state index is 13.2. The zero-order valence-corrected chi connectivity index (χ0v) is 20.9. The number of nitrogens with zero attached hydrogens (tertiary/aromatic N) is 3. The van der Waals surface area contributed by atoms with E-state index >= 15 is 0 Å². The van der Waals surface area contributed by atoms with E-state index in [0.29, 0.717) is 16.7 Å². The van der Waals surface area contributed by atoms with Crippen LogP contribution in [0, 0.1) is 39.0 Å². The van der Waals surface area contributed by atoms with Crippen LogP contribution in [0.3, 0.4) is 0 Å². The Bertz CT molecular complexity index is 1400. The molecule has 0 bridgehead atoms. The van der Waals surface area contributed by atoms with Crippen molar-refractivity contribution >= 4 is 23.5 Å². The van der Waals surface area contributed by atoms with Gasteiger partial charge in [0.2, 0.25) is 0 Å². The molecule has 2 aromatic carbocycles. The third kappa shape index (κ3) is 4.30. The lowest BCUT2D eigenvalue weighted by Crippen LogP contribution is -2.43. The average Bonchev–Trinajstić information content (AvgIpc) is 3.32. The summed E-state index contributed by atoms with van der Waals surface area (Å²) in [5.41, 5.74) is 5.84. The largest absolute Gasteiger partial charge is 0.372 e. The van der Waals surface area contributed by atoms with Crippen molar-refractivity contribution in [1.29, 1.82) is 5.26 Å². The summed E-state index contributed by atoms with van der Waals surface area (Å²) in [6.07, 6.45) is 1.56. The lowest BCUT2D eigenvalue weighted by molar-refractivity contribution is -0.136. The molecule has 1 amide bonds. The first kappa shape index (κ1) is 24.1. The SMILES string of the molecule is Cc1sc(-n2c(C)cc(/C=N\NC(=O)C(O)(c3ccccc3)c3ccccc3)c2C)c(C#N)c1C.